The highest BCUT2D eigenvalue weighted by Crippen LogP contribution is 2.41. The van der Waals surface area contributed by atoms with Crippen LogP contribution in [0.2, 0.25) is 0 Å². The van der Waals surface area contributed by atoms with E-state index in [1.807, 2.05) is 24.3 Å². The number of amides is 1. The van der Waals surface area contributed by atoms with Gasteiger partial charge in [0.1, 0.15) is 12.4 Å². The van der Waals surface area contributed by atoms with Gasteiger partial charge in [0.25, 0.3) is 0 Å². The van der Waals surface area contributed by atoms with Crippen LogP contribution in [0, 0.1) is 11.8 Å². The molecule has 0 spiro atoms. The lowest BCUT2D eigenvalue weighted by Crippen LogP contribution is -2.43. The fourth-order valence-electron chi connectivity index (χ4n) is 3.36. The summed E-state index contributed by atoms with van der Waals surface area (Å²) < 4.78 is 44.8. The molecular formula is C20H28F3NO2. The first-order valence-electron chi connectivity index (χ1n) is 9.17. The molecular weight excluding hydrogens is 343 g/mol. The van der Waals surface area contributed by atoms with Gasteiger partial charge in [-0.25, -0.2) is 0 Å². The Hall–Kier alpha value is -1.72. The molecule has 1 N–H and O–H groups in total. The maximum absolute atomic E-state index is 13.1. The summed E-state index contributed by atoms with van der Waals surface area (Å²) >= 11 is 0. The second kappa shape index (κ2) is 8.31. The zero-order valence-corrected chi connectivity index (χ0v) is 15.7. The topological polar surface area (TPSA) is 38.3 Å². The molecule has 1 aromatic rings. The monoisotopic (exact) mass is 371 g/mol. The Bertz CT molecular complexity index is 591. The van der Waals surface area contributed by atoms with Gasteiger partial charge in [-0.1, -0.05) is 45.7 Å². The van der Waals surface area contributed by atoms with Gasteiger partial charge in [-0.2, -0.15) is 13.2 Å². The van der Waals surface area contributed by atoms with Gasteiger partial charge in [-0.3, -0.25) is 4.79 Å². The maximum Gasteiger partial charge on any atom is 0.392 e. The predicted octanol–water partition coefficient (Wildman–Crippen LogP) is 4.85. The molecule has 6 heteroatoms. The maximum atomic E-state index is 13.1. The van der Waals surface area contributed by atoms with E-state index in [0.29, 0.717) is 25.0 Å². The standard InChI is InChI=1S/C20H28F3NO2/c1-19(2,3)14-8-10-15(11-9-14)26-13-12-24-18(25)16-6-4-5-7-17(16)20(21,22)23/h8-11,16-17H,4-7,12-13H2,1-3H3,(H,24,25). The van der Waals surface area contributed by atoms with Crippen LogP contribution in [0.25, 0.3) is 0 Å². The molecule has 1 fully saturated rings. The molecule has 26 heavy (non-hydrogen) atoms. The summed E-state index contributed by atoms with van der Waals surface area (Å²) in [6, 6.07) is 7.71. The lowest BCUT2D eigenvalue weighted by Gasteiger charge is -2.31. The summed E-state index contributed by atoms with van der Waals surface area (Å²) in [4.78, 5) is 12.2. The summed E-state index contributed by atoms with van der Waals surface area (Å²) in [6.07, 6.45) is -2.78. The van der Waals surface area contributed by atoms with Crippen molar-refractivity contribution in [1.29, 1.82) is 0 Å². The Morgan fingerprint density at radius 1 is 1.12 bits per heavy atom. The van der Waals surface area contributed by atoms with Crippen molar-refractivity contribution in [2.75, 3.05) is 13.2 Å². The van der Waals surface area contributed by atoms with Gasteiger partial charge in [-0.05, 0) is 36.0 Å². The number of nitrogens with one attached hydrogen (secondary N) is 1. The Kier molecular flexibility index (Phi) is 6.58. The minimum absolute atomic E-state index is 0.0399. The SMILES string of the molecule is CC(C)(C)c1ccc(OCCNC(=O)C2CCCCC2C(F)(F)F)cc1. The Labute approximate surface area is 153 Å². The van der Waals surface area contributed by atoms with E-state index in [-0.39, 0.29) is 25.0 Å². The Morgan fingerprint density at radius 2 is 1.73 bits per heavy atom. The number of benzene rings is 1. The van der Waals surface area contributed by atoms with Gasteiger partial charge in [-0.15, -0.1) is 0 Å². The summed E-state index contributed by atoms with van der Waals surface area (Å²) in [5.41, 5.74) is 1.25. The summed E-state index contributed by atoms with van der Waals surface area (Å²) in [6.45, 7) is 6.79. The van der Waals surface area contributed by atoms with Crippen LogP contribution in [-0.4, -0.2) is 25.2 Å². The second-order valence-corrected chi connectivity index (χ2v) is 7.95. The molecule has 1 aliphatic rings. The van der Waals surface area contributed by atoms with Crippen LogP contribution in [0.15, 0.2) is 24.3 Å². The van der Waals surface area contributed by atoms with Crippen molar-refractivity contribution in [3.8, 4) is 5.75 Å². The molecule has 2 unspecified atom stereocenters. The molecule has 0 aliphatic heterocycles. The third-order valence-corrected chi connectivity index (χ3v) is 4.91. The highest BCUT2D eigenvalue weighted by Gasteiger charge is 2.47. The largest absolute Gasteiger partial charge is 0.492 e. The van der Waals surface area contributed by atoms with Crippen molar-refractivity contribution in [3.05, 3.63) is 29.8 Å². The van der Waals surface area contributed by atoms with Crippen molar-refractivity contribution in [3.63, 3.8) is 0 Å². The third kappa shape index (κ3) is 5.64. The van der Waals surface area contributed by atoms with Crippen molar-refractivity contribution >= 4 is 5.91 Å². The second-order valence-electron chi connectivity index (χ2n) is 7.95. The van der Waals surface area contributed by atoms with E-state index < -0.39 is 23.9 Å². The van der Waals surface area contributed by atoms with Crippen LogP contribution in [0.5, 0.6) is 5.75 Å². The number of hydrogen-bond acceptors (Lipinski definition) is 2. The van der Waals surface area contributed by atoms with Gasteiger partial charge in [0.05, 0.1) is 12.5 Å². The molecule has 0 aromatic heterocycles. The van der Waals surface area contributed by atoms with E-state index in [1.54, 1.807) is 0 Å². The first-order valence-corrected chi connectivity index (χ1v) is 9.17. The molecule has 1 aromatic carbocycles. The highest BCUT2D eigenvalue weighted by atomic mass is 19.4. The minimum atomic E-state index is -4.31. The van der Waals surface area contributed by atoms with Crippen LogP contribution < -0.4 is 10.1 Å². The first kappa shape index (κ1) is 20.6. The first-order chi connectivity index (χ1) is 12.1. The quantitative estimate of drug-likeness (QED) is 0.752. The summed E-state index contributed by atoms with van der Waals surface area (Å²) in [5, 5.41) is 2.60. The summed E-state index contributed by atoms with van der Waals surface area (Å²) in [5.74, 6) is -2.34. The molecule has 146 valence electrons. The van der Waals surface area contributed by atoms with Gasteiger partial charge < -0.3 is 10.1 Å². The van der Waals surface area contributed by atoms with Crippen LogP contribution in [0.4, 0.5) is 13.2 Å². The molecule has 1 amide bonds. The van der Waals surface area contributed by atoms with Crippen molar-refractivity contribution in [2.45, 2.75) is 58.0 Å². The minimum Gasteiger partial charge on any atom is -0.492 e. The molecule has 0 heterocycles. The average Bonchev–Trinajstić information content (AvgIpc) is 2.57. The smallest absolute Gasteiger partial charge is 0.392 e. The zero-order valence-electron chi connectivity index (χ0n) is 15.7. The van der Waals surface area contributed by atoms with Gasteiger partial charge in [0, 0.05) is 5.92 Å². The van der Waals surface area contributed by atoms with E-state index in [9.17, 15) is 18.0 Å². The van der Waals surface area contributed by atoms with Crippen LogP contribution in [-0.2, 0) is 10.2 Å². The molecule has 0 radical (unpaired) electrons. The van der Waals surface area contributed by atoms with Gasteiger partial charge in [0.2, 0.25) is 5.91 Å². The van der Waals surface area contributed by atoms with Gasteiger partial charge in [0.15, 0.2) is 0 Å². The number of carbonyl (C=O) groups excluding carboxylic acids is 1. The number of carbonyl (C=O) groups is 1. The van der Waals surface area contributed by atoms with Crippen molar-refractivity contribution in [2.24, 2.45) is 11.8 Å². The third-order valence-electron chi connectivity index (χ3n) is 4.91. The average molecular weight is 371 g/mol. The van der Waals surface area contributed by atoms with E-state index in [1.165, 1.54) is 5.56 Å². The number of rotatable bonds is 5. The van der Waals surface area contributed by atoms with Crippen LogP contribution in [0.1, 0.15) is 52.0 Å². The molecule has 0 bridgehead atoms. The highest BCUT2D eigenvalue weighted by molar-refractivity contribution is 5.79. The molecule has 1 aliphatic carbocycles. The number of halogens is 3. The molecule has 0 saturated heterocycles. The molecule has 1 saturated carbocycles. The molecule has 3 nitrogen and oxygen atoms in total. The van der Waals surface area contributed by atoms with Crippen molar-refractivity contribution in [1.82, 2.24) is 5.32 Å². The van der Waals surface area contributed by atoms with E-state index in [0.717, 1.165) is 0 Å². The normalized spacial score (nSPS) is 21.3. The zero-order chi connectivity index (χ0) is 19.4. The Morgan fingerprint density at radius 3 is 2.31 bits per heavy atom. The fourth-order valence-corrected chi connectivity index (χ4v) is 3.36. The summed E-state index contributed by atoms with van der Waals surface area (Å²) in [7, 11) is 0. The lowest BCUT2D eigenvalue weighted by molar-refractivity contribution is -0.198. The van der Waals surface area contributed by atoms with E-state index in [4.69, 9.17) is 4.74 Å². The van der Waals surface area contributed by atoms with Crippen molar-refractivity contribution < 1.29 is 22.7 Å². The van der Waals surface area contributed by atoms with Crippen LogP contribution >= 0.6 is 0 Å². The molecule has 2 rings (SSSR count). The lowest BCUT2D eigenvalue weighted by atomic mass is 9.78. The van der Waals surface area contributed by atoms with Crippen LogP contribution in [0.3, 0.4) is 0 Å². The number of hydrogen-bond donors (Lipinski definition) is 1. The fraction of sp³-hybridized carbons (Fsp3) is 0.650. The number of ether oxygens (including phenoxy) is 1. The molecule has 2 atom stereocenters. The number of alkyl halides is 3. The Balaban J connectivity index is 1.79. The van der Waals surface area contributed by atoms with Gasteiger partial charge >= 0.3 is 6.18 Å². The predicted molar refractivity (Wildman–Crippen MR) is 95.1 cm³/mol. The van der Waals surface area contributed by atoms with E-state index >= 15 is 0 Å². The van der Waals surface area contributed by atoms with E-state index in [2.05, 4.69) is 26.1 Å².